The lowest BCUT2D eigenvalue weighted by molar-refractivity contribution is -0.136. The average Bonchev–Trinajstić information content (AvgIpc) is 2.66. The van der Waals surface area contributed by atoms with Gasteiger partial charge in [0.25, 0.3) is 5.91 Å². The number of hydrogen-bond acceptors (Lipinski definition) is 4. The Hall–Kier alpha value is -2.31. The molecule has 0 aromatic heterocycles. The molecule has 1 heterocycles. The van der Waals surface area contributed by atoms with E-state index in [0.717, 1.165) is 11.3 Å². The first-order chi connectivity index (χ1) is 12.2. The molecule has 1 amide bonds. The number of halogens is 2. The van der Waals surface area contributed by atoms with Crippen LogP contribution < -0.4 is 14.8 Å². The van der Waals surface area contributed by atoms with Crippen LogP contribution in [0.15, 0.2) is 48.5 Å². The normalized spacial score (nSPS) is 16.5. The molecule has 140 valence electrons. The van der Waals surface area contributed by atoms with Crippen LogP contribution in [0, 0.1) is 5.82 Å². The number of hydrogen-bond donors (Lipinski definition) is 1. The highest BCUT2D eigenvalue weighted by Gasteiger charge is 2.28. The van der Waals surface area contributed by atoms with Crippen LogP contribution in [0.2, 0.25) is 0 Å². The molecule has 7 heteroatoms. The minimum Gasteiger partial charge on any atom is -0.497 e. The predicted molar refractivity (Wildman–Crippen MR) is 99.5 cm³/mol. The van der Waals surface area contributed by atoms with Crippen molar-refractivity contribution in [2.24, 2.45) is 0 Å². The number of rotatable bonds is 5. The molecule has 0 bridgehead atoms. The van der Waals surface area contributed by atoms with Crippen molar-refractivity contribution in [2.75, 3.05) is 33.4 Å². The Morgan fingerprint density at radius 3 is 2.65 bits per heavy atom. The maximum Gasteiger partial charge on any atom is 0.261 e. The molecular weight excluding hydrogens is 359 g/mol. The van der Waals surface area contributed by atoms with E-state index < -0.39 is 0 Å². The van der Waals surface area contributed by atoms with Gasteiger partial charge < -0.3 is 19.7 Å². The second-order valence-corrected chi connectivity index (χ2v) is 5.83. The van der Waals surface area contributed by atoms with Gasteiger partial charge in [0.2, 0.25) is 0 Å². The van der Waals surface area contributed by atoms with E-state index in [9.17, 15) is 9.18 Å². The van der Waals surface area contributed by atoms with Crippen molar-refractivity contribution in [1.82, 2.24) is 10.2 Å². The summed E-state index contributed by atoms with van der Waals surface area (Å²) in [7, 11) is 1.59. The monoisotopic (exact) mass is 380 g/mol. The number of piperazine rings is 1. The third kappa shape index (κ3) is 4.86. The Balaban J connectivity index is 0.00000243. The Bertz CT molecular complexity index is 727. The molecule has 1 unspecified atom stereocenters. The summed E-state index contributed by atoms with van der Waals surface area (Å²) in [5.74, 6) is 0.912. The smallest absolute Gasteiger partial charge is 0.261 e. The van der Waals surface area contributed by atoms with Crippen LogP contribution in [0.4, 0.5) is 4.39 Å². The average molecular weight is 381 g/mol. The molecule has 2 aromatic rings. The van der Waals surface area contributed by atoms with Gasteiger partial charge in [0, 0.05) is 19.6 Å². The van der Waals surface area contributed by atoms with E-state index in [-0.39, 0.29) is 36.8 Å². The van der Waals surface area contributed by atoms with Crippen molar-refractivity contribution >= 4 is 18.3 Å². The van der Waals surface area contributed by atoms with Gasteiger partial charge >= 0.3 is 0 Å². The lowest BCUT2D eigenvalue weighted by Crippen LogP contribution is -2.50. The Morgan fingerprint density at radius 1 is 1.23 bits per heavy atom. The topological polar surface area (TPSA) is 50.8 Å². The van der Waals surface area contributed by atoms with Crippen LogP contribution in [0.25, 0.3) is 0 Å². The van der Waals surface area contributed by atoms with E-state index in [1.54, 1.807) is 42.3 Å². The third-order valence-corrected chi connectivity index (χ3v) is 4.22. The summed E-state index contributed by atoms with van der Waals surface area (Å²) < 4.78 is 24.2. The van der Waals surface area contributed by atoms with Crippen molar-refractivity contribution in [2.45, 2.75) is 6.04 Å². The summed E-state index contributed by atoms with van der Waals surface area (Å²) in [5, 5.41) is 3.25. The zero-order valence-electron chi connectivity index (χ0n) is 14.5. The zero-order chi connectivity index (χ0) is 17.6. The van der Waals surface area contributed by atoms with E-state index in [1.807, 2.05) is 6.07 Å². The van der Waals surface area contributed by atoms with Crippen molar-refractivity contribution in [1.29, 1.82) is 0 Å². The Labute approximate surface area is 158 Å². The van der Waals surface area contributed by atoms with Gasteiger partial charge in [0.05, 0.1) is 13.2 Å². The van der Waals surface area contributed by atoms with Crippen LogP contribution in [0.1, 0.15) is 11.6 Å². The maximum atomic E-state index is 13.5. The number of nitrogens with one attached hydrogen (secondary N) is 1. The van der Waals surface area contributed by atoms with Crippen molar-refractivity contribution in [3.05, 3.63) is 59.9 Å². The van der Waals surface area contributed by atoms with Crippen LogP contribution in [-0.2, 0) is 4.79 Å². The Kier molecular flexibility index (Phi) is 7.24. The lowest BCUT2D eigenvalue weighted by atomic mass is 10.0. The lowest BCUT2D eigenvalue weighted by Gasteiger charge is -2.36. The molecular formula is C19H22ClFN2O3. The largest absolute Gasteiger partial charge is 0.497 e. The molecule has 26 heavy (non-hydrogen) atoms. The number of carbonyl (C=O) groups is 1. The van der Waals surface area contributed by atoms with Gasteiger partial charge in [-0.05, 0) is 42.0 Å². The number of benzene rings is 2. The summed E-state index contributed by atoms with van der Waals surface area (Å²) in [6.45, 7) is 1.81. The van der Waals surface area contributed by atoms with Gasteiger partial charge in [-0.25, -0.2) is 4.39 Å². The summed E-state index contributed by atoms with van der Waals surface area (Å²) in [6.07, 6.45) is 0. The van der Waals surface area contributed by atoms with Gasteiger partial charge in [0.15, 0.2) is 6.61 Å². The minimum absolute atomic E-state index is 0. The highest BCUT2D eigenvalue weighted by atomic mass is 35.5. The molecule has 1 atom stereocenters. The second kappa shape index (κ2) is 9.40. The second-order valence-electron chi connectivity index (χ2n) is 5.83. The van der Waals surface area contributed by atoms with Crippen LogP contribution in [0.3, 0.4) is 0 Å². The molecule has 1 aliphatic rings. The fraction of sp³-hybridized carbons (Fsp3) is 0.316. The number of carbonyl (C=O) groups excluding carboxylic acids is 1. The van der Waals surface area contributed by atoms with E-state index >= 15 is 0 Å². The van der Waals surface area contributed by atoms with E-state index in [0.29, 0.717) is 25.4 Å². The number of amides is 1. The predicted octanol–water partition coefficient (Wildman–Crippen LogP) is 2.81. The molecule has 1 fully saturated rings. The van der Waals surface area contributed by atoms with E-state index in [4.69, 9.17) is 9.47 Å². The van der Waals surface area contributed by atoms with Crippen LogP contribution in [0.5, 0.6) is 11.5 Å². The maximum absolute atomic E-state index is 13.5. The first-order valence-corrected chi connectivity index (χ1v) is 8.20. The van der Waals surface area contributed by atoms with Crippen molar-refractivity contribution in [3.8, 4) is 11.5 Å². The molecule has 5 nitrogen and oxygen atoms in total. The Morgan fingerprint density at radius 2 is 1.96 bits per heavy atom. The van der Waals surface area contributed by atoms with Gasteiger partial charge in [-0.1, -0.05) is 12.1 Å². The van der Waals surface area contributed by atoms with Gasteiger partial charge in [-0.2, -0.15) is 0 Å². The fourth-order valence-electron chi connectivity index (χ4n) is 2.91. The molecule has 3 rings (SSSR count). The summed E-state index contributed by atoms with van der Waals surface area (Å²) >= 11 is 0. The number of ether oxygens (including phenoxy) is 2. The molecule has 0 saturated carbocycles. The highest BCUT2D eigenvalue weighted by Crippen LogP contribution is 2.23. The molecule has 1 aliphatic heterocycles. The highest BCUT2D eigenvalue weighted by molar-refractivity contribution is 5.85. The number of methoxy groups -OCH3 is 1. The summed E-state index contributed by atoms with van der Waals surface area (Å²) in [4.78, 5) is 14.4. The minimum atomic E-state index is -0.301. The summed E-state index contributed by atoms with van der Waals surface area (Å²) in [5.41, 5.74) is 0.782. The van der Waals surface area contributed by atoms with Crippen molar-refractivity contribution < 1.29 is 18.7 Å². The molecule has 1 N–H and O–H groups in total. The molecule has 1 saturated heterocycles. The van der Waals surface area contributed by atoms with Gasteiger partial charge in [0.1, 0.15) is 17.3 Å². The van der Waals surface area contributed by atoms with E-state index in [1.165, 1.54) is 12.1 Å². The number of nitrogens with zero attached hydrogens (tertiary/aromatic N) is 1. The van der Waals surface area contributed by atoms with Crippen LogP contribution >= 0.6 is 12.4 Å². The summed E-state index contributed by atoms with van der Waals surface area (Å²) in [6, 6.07) is 13.3. The van der Waals surface area contributed by atoms with Crippen LogP contribution in [-0.4, -0.2) is 44.2 Å². The quantitative estimate of drug-likeness (QED) is 0.866. The molecule has 0 radical (unpaired) electrons. The first-order valence-electron chi connectivity index (χ1n) is 8.20. The molecule has 0 spiro atoms. The third-order valence-electron chi connectivity index (χ3n) is 4.22. The zero-order valence-corrected chi connectivity index (χ0v) is 15.3. The van der Waals surface area contributed by atoms with E-state index in [2.05, 4.69) is 5.32 Å². The molecule has 2 aromatic carbocycles. The van der Waals surface area contributed by atoms with Crippen molar-refractivity contribution in [3.63, 3.8) is 0 Å². The molecule has 0 aliphatic carbocycles. The fourth-order valence-corrected chi connectivity index (χ4v) is 2.91. The standard InChI is InChI=1S/C19H21FN2O3.ClH/c1-24-16-5-7-17(8-6-16)25-13-19(23)22-10-9-21-12-18(22)14-3-2-4-15(20)11-14;/h2-8,11,18,21H,9-10,12-13H2,1H3;1H. The SMILES string of the molecule is COc1ccc(OCC(=O)N2CCNCC2c2cccc(F)c2)cc1.Cl. The first kappa shape index (κ1) is 20.0. The van der Waals surface area contributed by atoms with Gasteiger partial charge in [-0.15, -0.1) is 12.4 Å². The van der Waals surface area contributed by atoms with Gasteiger partial charge in [-0.3, -0.25) is 4.79 Å².